The van der Waals surface area contributed by atoms with Crippen molar-refractivity contribution in [3.63, 3.8) is 0 Å². The maximum absolute atomic E-state index is 12.5. The monoisotopic (exact) mass is 281 g/mol. The highest BCUT2D eigenvalue weighted by atomic mass is 16.1. The minimum absolute atomic E-state index is 0.0388. The highest BCUT2D eigenvalue weighted by Gasteiger charge is 2.17. The second-order valence-corrected chi connectivity index (χ2v) is 5.52. The lowest BCUT2D eigenvalue weighted by Crippen LogP contribution is -2.20. The zero-order valence-electron chi connectivity index (χ0n) is 13.0. The normalized spacial score (nSPS) is 13.5. The molecule has 2 aromatic carbocycles. The van der Waals surface area contributed by atoms with E-state index >= 15 is 0 Å². The molecule has 0 saturated heterocycles. The van der Waals surface area contributed by atoms with E-state index in [2.05, 4.69) is 25.2 Å². The number of amides is 1. The van der Waals surface area contributed by atoms with E-state index in [9.17, 15) is 4.79 Å². The van der Waals surface area contributed by atoms with E-state index < -0.39 is 0 Å². The third-order valence-corrected chi connectivity index (χ3v) is 4.05. The first kappa shape index (κ1) is 15.3. The fraction of sp³-hybridized carbons (Fsp3) is 0.316. The van der Waals surface area contributed by atoms with E-state index in [1.165, 1.54) is 5.56 Å². The number of hydrogen-bond acceptors (Lipinski definition) is 1. The molecule has 1 amide bonds. The molecule has 2 atom stereocenters. The summed E-state index contributed by atoms with van der Waals surface area (Å²) in [6, 6.07) is 17.9. The zero-order chi connectivity index (χ0) is 15.2. The standard InChI is InChI=1S/C19H23NO/c1-4-14(2)17-12-8-9-13-18(17)20-19(21)15(3)16-10-6-5-7-11-16/h5-15H,4H2,1-3H3,(H,20,21). The van der Waals surface area contributed by atoms with Crippen molar-refractivity contribution in [3.05, 3.63) is 65.7 Å². The van der Waals surface area contributed by atoms with Crippen molar-refractivity contribution < 1.29 is 4.79 Å². The largest absolute Gasteiger partial charge is 0.325 e. The topological polar surface area (TPSA) is 29.1 Å². The summed E-state index contributed by atoms with van der Waals surface area (Å²) in [5.74, 6) is 0.321. The number of hydrogen-bond donors (Lipinski definition) is 1. The van der Waals surface area contributed by atoms with Crippen LogP contribution >= 0.6 is 0 Å². The first-order chi connectivity index (χ1) is 10.1. The maximum atomic E-state index is 12.5. The Morgan fingerprint density at radius 3 is 2.29 bits per heavy atom. The summed E-state index contributed by atoms with van der Waals surface area (Å²) >= 11 is 0. The van der Waals surface area contributed by atoms with Gasteiger partial charge in [0.25, 0.3) is 0 Å². The number of anilines is 1. The smallest absolute Gasteiger partial charge is 0.231 e. The quantitative estimate of drug-likeness (QED) is 0.826. The number of carbonyl (C=O) groups is 1. The van der Waals surface area contributed by atoms with E-state index in [-0.39, 0.29) is 11.8 Å². The predicted octanol–water partition coefficient (Wildman–Crippen LogP) is 4.94. The third kappa shape index (κ3) is 3.72. The maximum Gasteiger partial charge on any atom is 0.231 e. The molecule has 0 bridgehead atoms. The van der Waals surface area contributed by atoms with Crippen molar-refractivity contribution in [1.29, 1.82) is 0 Å². The van der Waals surface area contributed by atoms with Crippen LogP contribution in [0.25, 0.3) is 0 Å². The summed E-state index contributed by atoms with van der Waals surface area (Å²) in [7, 11) is 0. The molecule has 0 radical (unpaired) electrons. The average molecular weight is 281 g/mol. The number of nitrogens with one attached hydrogen (secondary N) is 1. The summed E-state index contributed by atoms with van der Waals surface area (Å²) in [5, 5.41) is 3.09. The molecule has 2 rings (SSSR count). The van der Waals surface area contributed by atoms with Crippen LogP contribution in [0.15, 0.2) is 54.6 Å². The van der Waals surface area contributed by atoms with Crippen LogP contribution in [-0.4, -0.2) is 5.91 Å². The molecule has 2 unspecified atom stereocenters. The Morgan fingerprint density at radius 1 is 1.00 bits per heavy atom. The Balaban J connectivity index is 2.17. The fourth-order valence-electron chi connectivity index (χ4n) is 2.39. The molecule has 0 aliphatic carbocycles. The molecule has 2 nitrogen and oxygen atoms in total. The van der Waals surface area contributed by atoms with Gasteiger partial charge in [-0.2, -0.15) is 0 Å². The summed E-state index contributed by atoms with van der Waals surface area (Å²) in [6.07, 6.45) is 1.06. The second kappa shape index (κ2) is 7.07. The fourth-order valence-corrected chi connectivity index (χ4v) is 2.39. The first-order valence-electron chi connectivity index (χ1n) is 7.58. The van der Waals surface area contributed by atoms with Gasteiger partial charge in [0, 0.05) is 5.69 Å². The van der Waals surface area contributed by atoms with E-state index in [1.54, 1.807) is 0 Å². The molecule has 0 spiro atoms. The molecule has 21 heavy (non-hydrogen) atoms. The molecule has 110 valence electrons. The average Bonchev–Trinajstić information content (AvgIpc) is 2.54. The summed E-state index contributed by atoms with van der Waals surface area (Å²) in [4.78, 5) is 12.5. The van der Waals surface area contributed by atoms with Gasteiger partial charge in [0.15, 0.2) is 0 Å². The highest BCUT2D eigenvalue weighted by molar-refractivity contribution is 5.96. The van der Waals surface area contributed by atoms with Gasteiger partial charge in [0.2, 0.25) is 5.91 Å². The van der Waals surface area contributed by atoms with Gasteiger partial charge in [-0.1, -0.05) is 62.4 Å². The van der Waals surface area contributed by atoms with Crippen molar-refractivity contribution >= 4 is 11.6 Å². The Kier molecular flexibility index (Phi) is 5.15. The molecule has 2 heteroatoms. The van der Waals surface area contributed by atoms with Crippen LogP contribution in [-0.2, 0) is 4.79 Å². The van der Waals surface area contributed by atoms with Gasteiger partial charge < -0.3 is 5.32 Å². The van der Waals surface area contributed by atoms with Crippen LogP contribution in [0.3, 0.4) is 0 Å². The molecule has 1 N–H and O–H groups in total. The number of rotatable bonds is 5. The molecule has 0 fully saturated rings. The summed E-state index contributed by atoms with van der Waals surface area (Å²) in [6.45, 7) is 6.29. The number of carbonyl (C=O) groups excluding carboxylic acids is 1. The lowest BCUT2D eigenvalue weighted by Gasteiger charge is -2.18. The Hall–Kier alpha value is -2.09. The van der Waals surface area contributed by atoms with Crippen LogP contribution in [0.4, 0.5) is 5.69 Å². The van der Waals surface area contributed by atoms with Crippen molar-refractivity contribution in [2.24, 2.45) is 0 Å². The molecule has 0 heterocycles. The lowest BCUT2D eigenvalue weighted by atomic mass is 9.96. The summed E-state index contributed by atoms with van der Waals surface area (Å²) < 4.78 is 0. The Morgan fingerprint density at radius 2 is 1.62 bits per heavy atom. The molecule has 0 aromatic heterocycles. The van der Waals surface area contributed by atoms with E-state index in [0.29, 0.717) is 5.92 Å². The predicted molar refractivity (Wildman–Crippen MR) is 88.6 cm³/mol. The highest BCUT2D eigenvalue weighted by Crippen LogP contribution is 2.27. The van der Waals surface area contributed by atoms with Crippen LogP contribution in [0.2, 0.25) is 0 Å². The van der Waals surface area contributed by atoms with Crippen LogP contribution in [0.5, 0.6) is 0 Å². The van der Waals surface area contributed by atoms with Crippen molar-refractivity contribution in [3.8, 4) is 0 Å². The second-order valence-electron chi connectivity index (χ2n) is 5.52. The van der Waals surface area contributed by atoms with Crippen molar-refractivity contribution in [1.82, 2.24) is 0 Å². The van der Waals surface area contributed by atoms with Gasteiger partial charge >= 0.3 is 0 Å². The minimum Gasteiger partial charge on any atom is -0.325 e. The van der Waals surface area contributed by atoms with Gasteiger partial charge in [-0.3, -0.25) is 4.79 Å². The minimum atomic E-state index is -0.156. The van der Waals surface area contributed by atoms with Gasteiger partial charge in [-0.25, -0.2) is 0 Å². The van der Waals surface area contributed by atoms with Crippen molar-refractivity contribution in [2.75, 3.05) is 5.32 Å². The first-order valence-corrected chi connectivity index (χ1v) is 7.58. The number of benzene rings is 2. The van der Waals surface area contributed by atoms with Gasteiger partial charge in [-0.05, 0) is 36.5 Å². The van der Waals surface area contributed by atoms with Gasteiger partial charge in [0.1, 0.15) is 0 Å². The van der Waals surface area contributed by atoms with Crippen LogP contribution in [0, 0.1) is 0 Å². The SMILES string of the molecule is CCC(C)c1ccccc1NC(=O)C(C)c1ccccc1. The van der Waals surface area contributed by atoms with E-state index in [4.69, 9.17) is 0 Å². The Bertz CT molecular complexity index is 592. The van der Waals surface area contributed by atoms with E-state index in [1.807, 2.05) is 55.5 Å². The van der Waals surface area contributed by atoms with Crippen molar-refractivity contribution in [2.45, 2.75) is 39.0 Å². The van der Waals surface area contributed by atoms with Gasteiger partial charge in [-0.15, -0.1) is 0 Å². The molecule has 0 aliphatic heterocycles. The lowest BCUT2D eigenvalue weighted by molar-refractivity contribution is -0.117. The third-order valence-electron chi connectivity index (χ3n) is 4.05. The molecule has 0 saturated carbocycles. The molecule has 2 aromatic rings. The van der Waals surface area contributed by atoms with Crippen LogP contribution in [0.1, 0.15) is 50.2 Å². The molecular weight excluding hydrogens is 258 g/mol. The van der Waals surface area contributed by atoms with E-state index in [0.717, 1.165) is 17.7 Å². The number of para-hydroxylation sites is 1. The Labute approximate surface area is 127 Å². The molecule has 0 aliphatic rings. The van der Waals surface area contributed by atoms with Crippen LogP contribution < -0.4 is 5.32 Å². The zero-order valence-corrected chi connectivity index (χ0v) is 13.0. The van der Waals surface area contributed by atoms with Gasteiger partial charge in [0.05, 0.1) is 5.92 Å². The summed E-state index contributed by atoms with van der Waals surface area (Å²) in [5.41, 5.74) is 3.17. The molecular formula is C19H23NO.